The predicted molar refractivity (Wildman–Crippen MR) is 128 cm³/mol. The van der Waals surface area contributed by atoms with Crippen LogP contribution < -0.4 is 16.2 Å². The zero-order valence-corrected chi connectivity index (χ0v) is 19.3. The molecular formula is C24H23N5O4S. The molecule has 1 fully saturated rings. The lowest BCUT2D eigenvalue weighted by Gasteiger charge is -2.32. The molecule has 2 N–H and O–H groups in total. The minimum atomic E-state index is -4.16. The number of nitrogens with zero attached hydrogens (tertiary/aromatic N) is 4. The summed E-state index contributed by atoms with van der Waals surface area (Å²) >= 11 is 0. The Labute approximate surface area is 196 Å². The van der Waals surface area contributed by atoms with E-state index in [2.05, 4.69) is 4.98 Å². The third-order valence-electron chi connectivity index (χ3n) is 5.95. The summed E-state index contributed by atoms with van der Waals surface area (Å²) in [6, 6.07) is 13.0. The molecule has 0 spiro atoms. The van der Waals surface area contributed by atoms with E-state index in [0.717, 1.165) is 11.6 Å². The molecule has 0 radical (unpaired) electrons. The zero-order valence-electron chi connectivity index (χ0n) is 18.5. The first-order valence-corrected chi connectivity index (χ1v) is 12.2. The van der Waals surface area contributed by atoms with Crippen molar-refractivity contribution in [1.82, 2.24) is 9.38 Å². The first-order valence-electron chi connectivity index (χ1n) is 10.7. The Balaban J connectivity index is 1.87. The SMILES string of the molecule is Cc1ccc(S(=O)(=O)/C(C#N)=C/c2c(N3CCC(C(N)=O)CC3)nc3ccccn3c2=O)cc1. The second-order valence-corrected chi connectivity index (χ2v) is 10.1. The summed E-state index contributed by atoms with van der Waals surface area (Å²) in [5.41, 5.74) is 6.20. The lowest BCUT2D eigenvalue weighted by Crippen LogP contribution is -2.40. The van der Waals surface area contributed by atoms with Crippen LogP contribution in [-0.2, 0) is 14.6 Å². The van der Waals surface area contributed by atoms with E-state index in [-0.39, 0.29) is 28.1 Å². The van der Waals surface area contributed by atoms with Crippen LogP contribution >= 0.6 is 0 Å². The molecule has 3 heterocycles. The van der Waals surface area contributed by atoms with Gasteiger partial charge in [-0.2, -0.15) is 5.26 Å². The highest BCUT2D eigenvalue weighted by Crippen LogP contribution is 2.27. The molecule has 10 heteroatoms. The number of rotatable bonds is 5. The number of fused-ring (bicyclic) bond motifs is 1. The van der Waals surface area contributed by atoms with Crippen LogP contribution in [0.15, 0.2) is 63.3 Å². The minimum absolute atomic E-state index is 0.00605. The number of pyridine rings is 1. The van der Waals surface area contributed by atoms with E-state index in [4.69, 9.17) is 5.73 Å². The molecule has 34 heavy (non-hydrogen) atoms. The molecule has 1 amide bonds. The monoisotopic (exact) mass is 477 g/mol. The van der Waals surface area contributed by atoms with E-state index in [0.29, 0.717) is 31.6 Å². The molecule has 1 aliphatic rings. The number of primary amides is 1. The van der Waals surface area contributed by atoms with Gasteiger partial charge in [0.05, 0.1) is 10.5 Å². The first-order chi connectivity index (χ1) is 16.2. The van der Waals surface area contributed by atoms with Crippen molar-refractivity contribution in [2.45, 2.75) is 24.7 Å². The lowest BCUT2D eigenvalue weighted by atomic mass is 9.96. The van der Waals surface area contributed by atoms with Gasteiger partial charge < -0.3 is 10.6 Å². The number of aryl methyl sites for hydroxylation is 1. The van der Waals surface area contributed by atoms with Crippen molar-refractivity contribution < 1.29 is 13.2 Å². The number of anilines is 1. The van der Waals surface area contributed by atoms with Gasteiger partial charge in [-0.1, -0.05) is 23.8 Å². The highest BCUT2D eigenvalue weighted by atomic mass is 32.2. The molecule has 1 aromatic carbocycles. The van der Waals surface area contributed by atoms with E-state index in [1.54, 1.807) is 36.4 Å². The summed E-state index contributed by atoms with van der Waals surface area (Å²) in [5, 5.41) is 9.75. The number of piperidine rings is 1. The third-order valence-corrected chi connectivity index (χ3v) is 7.63. The Kier molecular flexibility index (Phi) is 6.22. The van der Waals surface area contributed by atoms with Crippen LogP contribution in [-0.4, -0.2) is 36.8 Å². The number of aromatic nitrogens is 2. The van der Waals surface area contributed by atoms with Crippen molar-refractivity contribution in [2.75, 3.05) is 18.0 Å². The van der Waals surface area contributed by atoms with E-state index >= 15 is 0 Å². The number of carbonyl (C=O) groups excluding carboxylic acids is 1. The fraction of sp³-hybridized carbons (Fsp3) is 0.250. The van der Waals surface area contributed by atoms with E-state index in [1.807, 2.05) is 11.8 Å². The molecule has 0 saturated carbocycles. The summed E-state index contributed by atoms with van der Waals surface area (Å²) in [4.78, 5) is 30.8. The Morgan fingerprint density at radius 2 is 1.85 bits per heavy atom. The van der Waals surface area contributed by atoms with E-state index in [1.165, 1.54) is 22.7 Å². The number of benzene rings is 1. The summed E-state index contributed by atoms with van der Waals surface area (Å²) in [5.74, 6) is -0.373. The quantitative estimate of drug-likeness (QED) is 0.555. The summed E-state index contributed by atoms with van der Waals surface area (Å²) in [7, 11) is -4.16. The molecule has 3 aromatic rings. The first kappa shape index (κ1) is 23.2. The molecule has 0 unspecified atom stereocenters. The number of hydrogen-bond donors (Lipinski definition) is 1. The van der Waals surface area contributed by atoms with Crippen LogP contribution in [0.4, 0.5) is 5.82 Å². The average Bonchev–Trinajstić information content (AvgIpc) is 2.83. The van der Waals surface area contributed by atoms with E-state index in [9.17, 15) is 23.3 Å². The number of nitrogens with two attached hydrogens (primary N) is 1. The van der Waals surface area contributed by atoms with Gasteiger partial charge in [-0.15, -0.1) is 0 Å². The number of nitriles is 1. The summed E-state index contributed by atoms with van der Waals surface area (Å²) < 4.78 is 27.7. The largest absolute Gasteiger partial charge is 0.369 e. The number of amides is 1. The van der Waals surface area contributed by atoms with Gasteiger partial charge in [0.1, 0.15) is 22.4 Å². The Morgan fingerprint density at radius 1 is 1.18 bits per heavy atom. The fourth-order valence-electron chi connectivity index (χ4n) is 3.98. The minimum Gasteiger partial charge on any atom is -0.369 e. The van der Waals surface area contributed by atoms with Gasteiger partial charge in [-0.3, -0.25) is 14.0 Å². The smallest absolute Gasteiger partial charge is 0.267 e. The lowest BCUT2D eigenvalue weighted by molar-refractivity contribution is -0.122. The number of allylic oxidation sites excluding steroid dienone is 1. The molecular weight excluding hydrogens is 454 g/mol. The molecule has 4 rings (SSSR count). The van der Waals surface area contributed by atoms with Crippen molar-refractivity contribution in [3.8, 4) is 6.07 Å². The maximum absolute atomic E-state index is 13.4. The standard InChI is InChI=1S/C24H23N5O4S/c1-16-5-7-18(8-6-16)34(32,33)19(15-25)14-20-23(28-12-9-17(10-13-28)22(26)30)27-21-4-2-3-11-29(21)24(20)31/h2-8,11,14,17H,9-10,12-13H2,1H3,(H2,26,30)/b19-14+. The maximum Gasteiger partial charge on any atom is 0.267 e. The molecule has 9 nitrogen and oxygen atoms in total. The van der Waals surface area contributed by atoms with Crippen LogP contribution in [0.1, 0.15) is 24.0 Å². The number of hydrogen-bond acceptors (Lipinski definition) is 7. The Hall–Kier alpha value is -3.97. The van der Waals surface area contributed by atoms with Gasteiger partial charge in [-0.25, -0.2) is 13.4 Å². The number of sulfone groups is 1. The average molecular weight is 478 g/mol. The zero-order chi connectivity index (χ0) is 24.5. The van der Waals surface area contributed by atoms with Crippen molar-refractivity contribution in [1.29, 1.82) is 5.26 Å². The van der Waals surface area contributed by atoms with Gasteiger partial charge >= 0.3 is 0 Å². The van der Waals surface area contributed by atoms with E-state index < -0.39 is 20.3 Å². The van der Waals surface area contributed by atoms with Crippen molar-refractivity contribution in [2.24, 2.45) is 11.7 Å². The second kappa shape index (κ2) is 9.11. The summed E-state index contributed by atoms with van der Waals surface area (Å²) in [6.45, 7) is 2.65. The van der Waals surface area contributed by atoms with Crippen molar-refractivity contribution in [3.05, 3.63) is 75.0 Å². The van der Waals surface area contributed by atoms with Gasteiger partial charge in [0.25, 0.3) is 5.56 Å². The molecule has 2 aromatic heterocycles. The van der Waals surface area contributed by atoms with Crippen molar-refractivity contribution >= 4 is 33.3 Å². The van der Waals surface area contributed by atoms with Crippen LogP contribution in [0.5, 0.6) is 0 Å². The van der Waals surface area contributed by atoms with Crippen molar-refractivity contribution in [3.63, 3.8) is 0 Å². The van der Waals surface area contributed by atoms with Gasteiger partial charge in [0, 0.05) is 25.2 Å². The highest BCUT2D eigenvalue weighted by Gasteiger charge is 2.28. The van der Waals surface area contributed by atoms with Gasteiger partial charge in [-0.05, 0) is 50.1 Å². The Morgan fingerprint density at radius 3 is 2.47 bits per heavy atom. The molecule has 0 aliphatic carbocycles. The van der Waals surface area contributed by atoms with Crippen LogP contribution in [0, 0.1) is 24.2 Å². The molecule has 1 saturated heterocycles. The maximum atomic E-state index is 13.4. The Bertz CT molecular complexity index is 1490. The van der Waals surface area contributed by atoms with Gasteiger partial charge in [0.15, 0.2) is 0 Å². The van der Waals surface area contributed by atoms with Crippen LogP contribution in [0.3, 0.4) is 0 Å². The predicted octanol–water partition coefficient (Wildman–Crippen LogP) is 2.04. The van der Waals surface area contributed by atoms with Gasteiger partial charge in [0.2, 0.25) is 15.7 Å². The fourth-order valence-corrected chi connectivity index (χ4v) is 5.12. The molecule has 1 aliphatic heterocycles. The van der Waals surface area contributed by atoms with Crippen LogP contribution in [0.2, 0.25) is 0 Å². The normalized spacial score (nSPS) is 15.3. The topological polar surface area (TPSA) is 139 Å². The molecule has 0 atom stereocenters. The molecule has 174 valence electrons. The second-order valence-electron chi connectivity index (χ2n) is 8.18. The molecule has 0 bridgehead atoms. The third kappa shape index (κ3) is 4.30. The number of carbonyl (C=O) groups is 1. The highest BCUT2D eigenvalue weighted by molar-refractivity contribution is 7.95. The summed E-state index contributed by atoms with van der Waals surface area (Å²) in [6.07, 6.45) is 3.60. The van der Waals surface area contributed by atoms with Crippen LogP contribution in [0.25, 0.3) is 11.7 Å².